The van der Waals surface area contributed by atoms with Gasteiger partial charge in [-0.2, -0.15) is 0 Å². The van der Waals surface area contributed by atoms with Gasteiger partial charge in [-0.15, -0.1) is 0 Å². The van der Waals surface area contributed by atoms with Crippen molar-refractivity contribution in [3.8, 4) is 0 Å². The zero-order valence-electron chi connectivity index (χ0n) is 18.3. The number of aromatic nitrogens is 1. The zero-order chi connectivity index (χ0) is 22.4. The minimum atomic E-state index is -1.20. The number of hydrogen-bond acceptors (Lipinski definition) is 5. The normalized spacial score (nSPS) is 15.1. The van der Waals surface area contributed by atoms with Crippen LogP contribution in [-0.4, -0.2) is 49.5 Å². The highest BCUT2D eigenvalue weighted by Gasteiger charge is 2.45. The maximum atomic E-state index is 13.6. The molecule has 1 amide bonds. The van der Waals surface area contributed by atoms with Gasteiger partial charge in [0.25, 0.3) is 0 Å². The Morgan fingerprint density at radius 1 is 1.13 bits per heavy atom. The van der Waals surface area contributed by atoms with E-state index in [2.05, 4.69) is 38.3 Å². The van der Waals surface area contributed by atoms with E-state index in [4.69, 9.17) is 0 Å². The summed E-state index contributed by atoms with van der Waals surface area (Å²) in [5.74, 6) is -1.43. The molecule has 6 nitrogen and oxygen atoms in total. The summed E-state index contributed by atoms with van der Waals surface area (Å²) in [5.41, 5.74) is 3.07. The van der Waals surface area contributed by atoms with Crippen LogP contribution >= 0.6 is 11.3 Å². The predicted octanol–water partition coefficient (Wildman–Crippen LogP) is 2.39. The molecule has 0 N–H and O–H groups in total. The van der Waals surface area contributed by atoms with Crippen molar-refractivity contribution < 1.29 is 19.2 Å². The van der Waals surface area contributed by atoms with Crippen molar-refractivity contribution in [3.05, 3.63) is 59.2 Å². The molecule has 0 unspecified atom stereocenters. The van der Waals surface area contributed by atoms with E-state index < -0.39 is 11.4 Å². The number of rotatable bonds is 6. The number of carboxylic acids is 1. The third kappa shape index (κ3) is 4.34. The molecule has 3 aromatic rings. The van der Waals surface area contributed by atoms with Crippen LogP contribution in [0.5, 0.6) is 0 Å². The highest BCUT2D eigenvalue weighted by Crippen LogP contribution is 2.42. The monoisotopic (exact) mass is 437 g/mol. The number of carbonyl (C=O) groups is 2. The number of carbonyl (C=O) groups excluding carboxylic acids is 2. The molecule has 0 saturated heterocycles. The molecular weight excluding hydrogens is 410 g/mol. The fraction of sp³-hybridized carbons (Fsp3) is 0.375. The first-order valence-corrected chi connectivity index (χ1v) is 11.1. The number of amides is 1. The molecule has 1 aliphatic rings. The Morgan fingerprint density at radius 3 is 2.35 bits per heavy atom. The van der Waals surface area contributed by atoms with Crippen LogP contribution < -0.4 is 10.0 Å². The van der Waals surface area contributed by atoms with Gasteiger partial charge in [-0.05, 0) is 36.1 Å². The second kappa shape index (κ2) is 7.73. The molecule has 0 saturated carbocycles. The molecule has 0 aliphatic heterocycles. The van der Waals surface area contributed by atoms with Crippen LogP contribution in [0.3, 0.4) is 0 Å². The fourth-order valence-corrected chi connectivity index (χ4v) is 5.50. The average Bonchev–Trinajstić information content (AvgIpc) is 3.26. The van der Waals surface area contributed by atoms with Crippen LogP contribution in [0.25, 0.3) is 10.2 Å². The number of anilines is 1. The molecule has 2 aromatic carbocycles. The van der Waals surface area contributed by atoms with Gasteiger partial charge in [0.2, 0.25) is 5.91 Å². The number of benzene rings is 2. The first kappa shape index (κ1) is 21.5. The van der Waals surface area contributed by atoms with Crippen LogP contribution in [-0.2, 0) is 29.0 Å². The van der Waals surface area contributed by atoms with Crippen molar-refractivity contribution in [2.75, 3.05) is 33.1 Å². The summed E-state index contributed by atoms with van der Waals surface area (Å²) >= 11 is 1.46. The van der Waals surface area contributed by atoms with Gasteiger partial charge in [0, 0.05) is 25.0 Å². The Hall–Kier alpha value is -2.77. The van der Waals surface area contributed by atoms with Gasteiger partial charge in [0.1, 0.15) is 6.54 Å². The van der Waals surface area contributed by atoms with Crippen LogP contribution in [0.1, 0.15) is 23.1 Å². The van der Waals surface area contributed by atoms with E-state index in [1.165, 1.54) is 21.8 Å². The Balaban J connectivity index is 1.64. The lowest BCUT2D eigenvalue weighted by atomic mass is 9.80. The maximum absolute atomic E-state index is 13.6. The predicted molar refractivity (Wildman–Crippen MR) is 121 cm³/mol. The molecule has 0 spiro atoms. The highest BCUT2D eigenvalue weighted by molar-refractivity contribution is 7.22. The van der Waals surface area contributed by atoms with Gasteiger partial charge in [-0.1, -0.05) is 41.7 Å². The van der Waals surface area contributed by atoms with Crippen LogP contribution in [0.4, 0.5) is 5.13 Å². The van der Waals surface area contributed by atoms with Crippen molar-refractivity contribution >= 4 is 38.6 Å². The molecule has 31 heavy (non-hydrogen) atoms. The van der Waals surface area contributed by atoms with E-state index in [-0.39, 0.29) is 12.3 Å². The number of hydrogen-bond donors (Lipinski definition) is 0. The number of fused-ring (bicyclic) bond motifs is 2. The molecule has 1 aliphatic carbocycles. The quantitative estimate of drug-likeness (QED) is 0.555. The van der Waals surface area contributed by atoms with E-state index in [9.17, 15) is 14.7 Å². The molecule has 0 radical (unpaired) electrons. The van der Waals surface area contributed by atoms with Gasteiger partial charge >= 0.3 is 0 Å². The Morgan fingerprint density at radius 2 is 1.77 bits per heavy atom. The van der Waals surface area contributed by atoms with E-state index in [0.29, 0.717) is 18.0 Å². The summed E-state index contributed by atoms with van der Waals surface area (Å²) in [4.78, 5) is 31.4. The second-order valence-electron chi connectivity index (χ2n) is 9.56. The van der Waals surface area contributed by atoms with Gasteiger partial charge in [0.05, 0.1) is 36.8 Å². The first-order valence-electron chi connectivity index (χ1n) is 10.3. The minimum Gasteiger partial charge on any atom is -0.550 e. The Kier molecular flexibility index (Phi) is 5.35. The van der Waals surface area contributed by atoms with E-state index >= 15 is 0 Å². The maximum Gasteiger partial charge on any atom is 0.235 e. The number of aliphatic carboxylic acids is 1. The molecule has 0 bridgehead atoms. The zero-order valence-corrected chi connectivity index (χ0v) is 19.2. The van der Waals surface area contributed by atoms with E-state index in [1.54, 1.807) is 7.05 Å². The van der Waals surface area contributed by atoms with Crippen molar-refractivity contribution in [2.45, 2.75) is 25.8 Å². The van der Waals surface area contributed by atoms with Crippen molar-refractivity contribution in [1.82, 2.24) is 4.98 Å². The first-order chi connectivity index (χ1) is 14.6. The second-order valence-corrected chi connectivity index (χ2v) is 10.6. The van der Waals surface area contributed by atoms with Crippen LogP contribution in [0, 0.1) is 5.41 Å². The number of nitrogens with zero attached hydrogens (tertiary/aromatic N) is 3. The molecule has 0 fully saturated rings. The fourth-order valence-electron chi connectivity index (χ4n) is 4.51. The molecule has 1 aromatic heterocycles. The Bertz CT molecular complexity index is 1140. The van der Waals surface area contributed by atoms with E-state index in [1.807, 2.05) is 30.3 Å². The number of thiazole rings is 1. The van der Waals surface area contributed by atoms with Gasteiger partial charge in [-0.3, -0.25) is 9.69 Å². The lowest BCUT2D eigenvalue weighted by Crippen LogP contribution is -2.46. The molecule has 4 rings (SSSR count). The molecular formula is C24H27N3O3S. The average molecular weight is 438 g/mol. The van der Waals surface area contributed by atoms with Gasteiger partial charge in [-0.25, -0.2) is 4.98 Å². The highest BCUT2D eigenvalue weighted by atomic mass is 32.1. The molecule has 0 atom stereocenters. The molecule has 1 heterocycles. The summed E-state index contributed by atoms with van der Waals surface area (Å²) in [5, 5.41) is 12.2. The third-order valence-electron chi connectivity index (χ3n) is 5.80. The summed E-state index contributed by atoms with van der Waals surface area (Å²) in [7, 11) is 8.12. The van der Waals surface area contributed by atoms with Crippen molar-refractivity contribution in [3.63, 3.8) is 0 Å². The summed E-state index contributed by atoms with van der Waals surface area (Å²) in [6.45, 7) is 0.894. The van der Waals surface area contributed by atoms with Crippen molar-refractivity contribution in [1.29, 1.82) is 0 Å². The van der Waals surface area contributed by atoms with Crippen molar-refractivity contribution in [2.24, 2.45) is 5.41 Å². The molecule has 7 heteroatoms. The number of carboxylic acid groups (broad SMARTS) is 1. The summed E-state index contributed by atoms with van der Waals surface area (Å²) in [6.07, 6.45) is 0.501. The summed E-state index contributed by atoms with van der Waals surface area (Å²) < 4.78 is 1.84. The third-order valence-corrected chi connectivity index (χ3v) is 6.90. The SMILES string of the molecule is CN(C(=O)C1(CC(=O)[O-])Cc2ccccc2C1)c1nc2ccc(C[N+](C)(C)C)cc2s1. The lowest BCUT2D eigenvalue weighted by Gasteiger charge is -2.31. The molecule has 162 valence electrons. The minimum absolute atomic E-state index is 0.224. The summed E-state index contributed by atoms with van der Waals surface area (Å²) in [6, 6.07) is 14.0. The van der Waals surface area contributed by atoms with Crippen LogP contribution in [0.2, 0.25) is 0 Å². The van der Waals surface area contributed by atoms with E-state index in [0.717, 1.165) is 32.4 Å². The number of quaternary nitrogens is 1. The van der Waals surface area contributed by atoms with Crippen LogP contribution in [0.15, 0.2) is 42.5 Å². The lowest BCUT2D eigenvalue weighted by molar-refractivity contribution is -0.883. The van der Waals surface area contributed by atoms with Gasteiger partial charge in [0.15, 0.2) is 5.13 Å². The topological polar surface area (TPSA) is 73.3 Å². The Labute approximate surface area is 186 Å². The standard InChI is InChI=1S/C24H27N3O3S/c1-26(23-25-19-10-9-16(11-20(19)31-23)15-27(2,3)4)22(30)24(14-21(28)29)12-17-7-5-6-8-18(17)13-24/h5-11H,12-15H2,1-4H3. The largest absolute Gasteiger partial charge is 0.550 e. The smallest absolute Gasteiger partial charge is 0.235 e. The van der Waals surface area contributed by atoms with Gasteiger partial charge < -0.3 is 14.4 Å².